The molecule has 6 heteroatoms. The Morgan fingerprint density at radius 3 is 2.05 bits per heavy atom. The van der Waals surface area contributed by atoms with Crippen LogP contribution < -0.4 is 11.1 Å². The molecule has 2 aromatic rings. The number of primary amides is 1. The standard InChI is InChI=1S/C15H13F3N2O/c16-15(17,18)12-5-7-13(8-6-12)20-9-10-1-3-11(4-2-10)14(19)21/h1-8,20H,9H2,(H2,19,21). The molecule has 0 bridgehead atoms. The highest BCUT2D eigenvalue weighted by Crippen LogP contribution is 2.29. The monoisotopic (exact) mass is 294 g/mol. The molecule has 0 aromatic heterocycles. The molecular weight excluding hydrogens is 281 g/mol. The lowest BCUT2D eigenvalue weighted by atomic mass is 10.1. The molecule has 0 saturated carbocycles. The minimum atomic E-state index is -4.33. The van der Waals surface area contributed by atoms with Crippen LogP contribution in [-0.2, 0) is 12.7 Å². The number of nitrogens with two attached hydrogens (primary N) is 1. The molecular formula is C15H13F3N2O. The first-order chi connectivity index (χ1) is 9.86. The molecule has 0 fully saturated rings. The van der Waals surface area contributed by atoms with E-state index in [0.717, 1.165) is 17.7 Å². The normalized spacial score (nSPS) is 11.2. The van der Waals surface area contributed by atoms with Crippen LogP contribution in [0.25, 0.3) is 0 Å². The maximum absolute atomic E-state index is 12.4. The van der Waals surface area contributed by atoms with E-state index in [2.05, 4.69) is 5.32 Å². The molecule has 0 aliphatic rings. The molecule has 1 amide bonds. The minimum Gasteiger partial charge on any atom is -0.381 e. The van der Waals surface area contributed by atoms with Crippen LogP contribution in [0.3, 0.4) is 0 Å². The summed E-state index contributed by atoms with van der Waals surface area (Å²) in [5.41, 5.74) is 6.33. The molecule has 3 nitrogen and oxygen atoms in total. The molecule has 0 unspecified atom stereocenters. The van der Waals surface area contributed by atoms with Gasteiger partial charge in [0, 0.05) is 17.8 Å². The summed E-state index contributed by atoms with van der Waals surface area (Å²) in [5, 5.41) is 3.00. The van der Waals surface area contributed by atoms with Gasteiger partial charge in [-0.1, -0.05) is 12.1 Å². The summed E-state index contributed by atoms with van der Waals surface area (Å²) in [6.45, 7) is 0.435. The van der Waals surface area contributed by atoms with Crippen molar-refractivity contribution in [2.45, 2.75) is 12.7 Å². The Morgan fingerprint density at radius 1 is 1.00 bits per heavy atom. The topological polar surface area (TPSA) is 55.1 Å². The number of hydrogen-bond donors (Lipinski definition) is 2. The number of carbonyl (C=O) groups is 1. The molecule has 0 spiro atoms. The van der Waals surface area contributed by atoms with Crippen LogP contribution in [0.4, 0.5) is 18.9 Å². The average molecular weight is 294 g/mol. The lowest BCUT2D eigenvalue weighted by Crippen LogP contribution is -2.10. The van der Waals surface area contributed by atoms with Crippen LogP contribution in [0.15, 0.2) is 48.5 Å². The van der Waals surface area contributed by atoms with E-state index in [0.29, 0.717) is 17.8 Å². The maximum Gasteiger partial charge on any atom is 0.416 e. The van der Waals surface area contributed by atoms with Crippen molar-refractivity contribution in [2.75, 3.05) is 5.32 Å². The Bertz CT molecular complexity index is 619. The van der Waals surface area contributed by atoms with Gasteiger partial charge in [0.05, 0.1) is 5.56 Å². The molecule has 0 aliphatic carbocycles. The third-order valence-corrected chi connectivity index (χ3v) is 2.95. The molecule has 0 atom stereocenters. The quantitative estimate of drug-likeness (QED) is 0.908. The first-order valence-electron chi connectivity index (χ1n) is 6.16. The molecule has 3 N–H and O–H groups in total. The van der Waals surface area contributed by atoms with Gasteiger partial charge in [-0.3, -0.25) is 4.79 Å². The van der Waals surface area contributed by atoms with E-state index in [1.54, 1.807) is 24.3 Å². The summed E-state index contributed by atoms with van der Waals surface area (Å²) < 4.78 is 37.2. The van der Waals surface area contributed by atoms with Gasteiger partial charge in [0.1, 0.15) is 0 Å². The number of carbonyl (C=O) groups excluding carboxylic acids is 1. The van der Waals surface area contributed by atoms with Crippen molar-refractivity contribution in [3.05, 3.63) is 65.2 Å². The van der Waals surface area contributed by atoms with Crippen molar-refractivity contribution in [3.63, 3.8) is 0 Å². The maximum atomic E-state index is 12.4. The summed E-state index contributed by atoms with van der Waals surface area (Å²) in [6, 6.07) is 11.5. The van der Waals surface area contributed by atoms with Crippen LogP contribution in [0.2, 0.25) is 0 Å². The molecule has 110 valence electrons. The van der Waals surface area contributed by atoms with Crippen molar-refractivity contribution in [3.8, 4) is 0 Å². The van der Waals surface area contributed by atoms with Gasteiger partial charge in [-0.15, -0.1) is 0 Å². The van der Waals surface area contributed by atoms with Crippen LogP contribution in [0.5, 0.6) is 0 Å². The highest BCUT2D eigenvalue weighted by molar-refractivity contribution is 5.92. The Kier molecular flexibility index (Phi) is 4.16. The molecule has 2 aromatic carbocycles. The highest BCUT2D eigenvalue weighted by Gasteiger charge is 2.29. The summed E-state index contributed by atoms with van der Waals surface area (Å²) in [5.74, 6) is -0.503. The van der Waals surface area contributed by atoms with Crippen molar-refractivity contribution in [2.24, 2.45) is 5.73 Å². The van der Waals surface area contributed by atoms with Crippen LogP contribution >= 0.6 is 0 Å². The van der Waals surface area contributed by atoms with Crippen molar-refractivity contribution >= 4 is 11.6 Å². The number of benzene rings is 2. The van der Waals surface area contributed by atoms with E-state index < -0.39 is 17.6 Å². The van der Waals surface area contributed by atoms with Gasteiger partial charge in [-0.25, -0.2) is 0 Å². The third kappa shape index (κ3) is 3.98. The fourth-order valence-electron chi connectivity index (χ4n) is 1.77. The fourth-order valence-corrected chi connectivity index (χ4v) is 1.77. The predicted octanol–water partition coefficient (Wildman–Crippen LogP) is 3.42. The van der Waals surface area contributed by atoms with Gasteiger partial charge in [-0.05, 0) is 42.0 Å². The fraction of sp³-hybridized carbons (Fsp3) is 0.133. The minimum absolute atomic E-state index is 0.410. The number of nitrogens with one attached hydrogen (secondary N) is 1. The van der Waals surface area contributed by atoms with E-state index in [4.69, 9.17) is 5.73 Å². The van der Waals surface area contributed by atoms with Gasteiger partial charge in [-0.2, -0.15) is 13.2 Å². The first kappa shape index (κ1) is 14.9. The second kappa shape index (κ2) is 5.87. The number of rotatable bonds is 4. The van der Waals surface area contributed by atoms with Gasteiger partial charge in [0.15, 0.2) is 0 Å². The van der Waals surface area contributed by atoms with Crippen molar-refractivity contribution in [1.29, 1.82) is 0 Å². The molecule has 0 radical (unpaired) electrons. The van der Waals surface area contributed by atoms with Crippen LogP contribution in [0, 0.1) is 0 Å². The largest absolute Gasteiger partial charge is 0.416 e. The molecule has 0 heterocycles. The van der Waals surface area contributed by atoms with Crippen molar-refractivity contribution in [1.82, 2.24) is 0 Å². The van der Waals surface area contributed by atoms with Crippen molar-refractivity contribution < 1.29 is 18.0 Å². The molecule has 21 heavy (non-hydrogen) atoms. The van der Waals surface area contributed by atoms with Crippen LogP contribution in [-0.4, -0.2) is 5.91 Å². The van der Waals surface area contributed by atoms with Crippen LogP contribution in [0.1, 0.15) is 21.5 Å². The lowest BCUT2D eigenvalue weighted by Gasteiger charge is -2.09. The Morgan fingerprint density at radius 2 is 1.57 bits per heavy atom. The Labute approximate surface area is 119 Å². The SMILES string of the molecule is NC(=O)c1ccc(CNc2ccc(C(F)(F)F)cc2)cc1. The first-order valence-corrected chi connectivity index (χ1v) is 6.16. The van der Waals surface area contributed by atoms with Gasteiger partial charge < -0.3 is 11.1 Å². The van der Waals surface area contributed by atoms with E-state index in [9.17, 15) is 18.0 Å². The number of halogens is 3. The smallest absolute Gasteiger partial charge is 0.381 e. The summed E-state index contributed by atoms with van der Waals surface area (Å²) >= 11 is 0. The van der Waals surface area contributed by atoms with E-state index >= 15 is 0 Å². The molecule has 0 aliphatic heterocycles. The predicted molar refractivity (Wildman–Crippen MR) is 73.7 cm³/mol. The van der Waals surface area contributed by atoms with Gasteiger partial charge >= 0.3 is 6.18 Å². The second-order valence-corrected chi connectivity index (χ2v) is 4.49. The number of hydrogen-bond acceptors (Lipinski definition) is 2. The molecule has 2 rings (SSSR count). The zero-order chi connectivity index (χ0) is 15.5. The highest BCUT2D eigenvalue weighted by atomic mass is 19.4. The van der Waals surface area contributed by atoms with E-state index in [-0.39, 0.29) is 0 Å². The summed E-state index contributed by atoms with van der Waals surface area (Å²) in [6.07, 6.45) is -4.33. The number of anilines is 1. The average Bonchev–Trinajstić information content (AvgIpc) is 2.45. The Balaban J connectivity index is 1.98. The number of amides is 1. The number of alkyl halides is 3. The van der Waals surface area contributed by atoms with E-state index in [1.165, 1.54) is 12.1 Å². The van der Waals surface area contributed by atoms with Gasteiger partial charge in [0.2, 0.25) is 5.91 Å². The second-order valence-electron chi connectivity index (χ2n) is 4.49. The Hall–Kier alpha value is -2.50. The van der Waals surface area contributed by atoms with E-state index in [1.807, 2.05) is 0 Å². The summed E-state index contributed by atoms with van der Waals surface area (Å²) in [4.78, 5) is 10.9. The van der Waals surface area contributed by atoms with Gasteiger partial charge in [0.25, 0.3) is 0 Å². The molecule has 0 saturated heterocycles. The zero-order valence-corrected chi connectivity index (χ0v) is 10.9. The summed E-state index contributed by atoms with van der Waals surface area (Å²) in [7, 11) is 0. The third-order valence-electron chi connectivity index (χ3n) is 2.95. The lowest BCUT2D eigenvalue weighted by molar-refractivity contribution is -0.137. The zero-order valence-electron chi connectivity index (χ0n) is 10.9.